The van der Waals surface area contributed by atoms with Crippen molar-refractivity contribution in [3.8, 4) is 17.3 Å². The molecule has 180 valence electrons. The summed E-state index contributed by atoms with van der Waals surface area (Å²) in [5.74, 6) is 2.59. The fourth-order valence-electron chi connectivity index (χ4n) is 4.12. The van der Waals surface area contributed by atoms with Gasteiger partial charge in [-0.25, -0.2) is 14.6 Å². The molecule has 0 fully saturated rings. The van der Waals surface area contributed by atoms with Crippen molar-refractivity contribution in [2.75, 3.05) is 18.6 Å². The maximum absolute atomic E-state index is 6.35. The van der Waals surface area contributed by atoms with Crippen molar-refractivity contribution in [3.63, 3.8) is 0 Å². The molecule has 7 heteroatoms. The Bertz CT molecular complexity index is 1400. The van der Waals surface area contributed by atoms with Gasteiger partial charge in [0.1, 0.15) is 17.0 Å². The van der Waals surface area contributed by atoms with Gasteiger partial charge in [0.05, 0.1) is 24.6 Å². The molecule has 5 rings (SSSR count). The molecule has 3 aromatic heterocycles. The molecular formula is C28H32N6O. The summed E-state index contributed by atoms with van der Waals surface area (Å²) in [4.78, 5) is 13.5. The lowest BCUT2D eigenvalue weighted by Gasteiger charge is -2.21. The van der Waals surface area contributed by atoms with Gasteiger partial charge in [0.25, 0.3) is 0 Å². The summed E-state index contributed by atoms with van der Waals surface area (Å²) >= 11 is 0. The van der Waals surface area contributed by atoms with Crippen LogP contribution in [0.15, 0.2) is 67.4 Å². The summed E-state index contributed by atoms with van der Waals surface area (Å²) in [5, 5.41) is 4.56. The van der Waals surface area contributed by atoms with Gasteiger partial charge in [0.2, 0.25) is 0 Å². The van der Waals surface area contributed by atoms with Crippen LogP contribution < -0.4 is 9.64 Å². The third kappa shape index (κ3) is 4.71. The third-order valence-corrected chi connectivity index (χ3v) is 6.25. The number of rotatable bonds is 5. The van der Waals surface area contributed by atoms with Gasteiger partial charge in [0.15, 0.2) is 5.82 Å². The van der Waals surface area contributed by atoms with Crippen LogP contribution in [-0.4, -0.2) is 38.4 Å². The summed E-state index contributed by atoms with van der Waals surface area (Å²) in [6.07, 6.45) is 9.51. The van der Waals surface area contributed by atoms with Crippen LogP contribution in [0.5, 0.6) is 11.5 Å². The number of aromatic nitrogens is 4. The molecule has 0 bridgehead atoms. The van der Waals surface area contributed by atoms with E-state index in [2.05, 4.69) is 109 Å². The lowest BCUT2D eigenvalue weighted by atomic mass is 9.88. The Morgan fingerprint density at radius 1 is 0.943 bits per heavy atom. The fourth-order valence-corrected chi connectivity index (χ4v) is 4.12. The molecule has 0 spiro atoms. The summed E-state index contributed by atoms with van der Waals surface area (Å²) < 4.78 is 8.18. The zero-order valence-corrected chi connectivity index (χ0v) is 21.2. The number of hydrogen-bond acceptors (Lipinski definition) is 6. The number of fused-ring (bicyclic) bond motifs is 1. The number of hydrogen-bond donors (Lipinski definition) is 0. The lowest BCUT2D eigenvalue weighted by molar-refractivity contribution is 0.478. The quantitative estimate of drug-likeness (QED) is 0.347. The highest BCUT2D eigenvalue weighted by molar-refractivity contribution is 5.77. The monoisotopic (exact) mass is 468 g/mol. The van der Waals surface area contributed by atoms with Crippen LogP contribution in [0.4, 0.5) is 5.69 Å². The molecule has 0 saturated heterocycles. The zero-order chi connectivity index (χ0) is 24.7. The highest BCUT2D eigenvalue weighted by Crippen LogP contribution is 2.33. The second-order valence-corrected chi connectivity index (χ2v) is 10.5. The number of nitrogens with zero attached hydrogens (tertiary/aromatic N) is 6. The lowest BCUT2D eigenvalue weighted by Crippen LogP contribution is -2.21. The second kappa shape index (κ2) is 8.73. The molecule has 0 unspecified atom stereocenters. The van der Waals surface area contributed by atoms with E-state index in [0.29, 0.717) is 11.7 Å². The van der Waals surface area contributed by atoms with Crippen molar-refractivity contribution in [2.45, 2.75) is 46.0 Å². The molecule has 0 atom stereocenters. The van der Waals surface area contributed by atoms with Gasteiger partial charge in [-0.15, -0.1) is 0 Å². The van der Waals surface area contributed by atoms with Crippen molar-refractivity contribution >= 4 is 16.7 Å². The van der Waals surface area contributed by atoms with Crippen LogP contribution >= 0.6 is 0 Å². The minimum atomic E-state index is 0.0195. The molecule has 1 aromatic carbocycles. The number of ether oxygens (including phenoxy) is 1. The van der Waals surface area contributed by atoms with Gasteiger partial charge in [-0.1, -0.05) is 34.6 Å². The third-order valence-electron chi connectivity index (χ3n) is 6.25. The van der Waals surface area contributed by atoms with Gasteiger partial charge >= 0.3 is 0 Å². The van der Waals surface area contributed by atoms with E-state index in [1.54, 1.807) is 12.4 Å². The molecule has 0 radical (unpaired) electrons. The smallest absolute Gasteiger partial charge is 0.154 e. The molecule has 4 aromatic rings. The van der Waals surface area contributed by atoms with Crippen LogP contribution in [0.3, 0.4) is 0 Å². The van der Waals surface area contributed by atoms with Gasteiger partial charge in [-0.2, -0.15) is 5.10 Å². The van der Waals surface area contributed by atoms with Crippen molar-refractivity contribution < 1.29 is 4.74 Å². The summed E-state index contributed by atoms with van der Waals surface area (Å²) in [5.41, 5.74) is 5.20. The number of pyridine rings is 2. The van der Waals surface area contributed by atoms with Crippen LogP contribution in [0.25, 0.3) is 16.9 Å². The van der Waals surface area contributed by atoms with E-state index >= 15 is 0 Å². The average Bonchev–Trinajstić information content (AvgIpc) is 3.44. The first-order chi connectivity index (χ1) is 16.7. The minimum absolute atomic E-state index is 0.0195. The minimum Gasteiger partial charge on any atom is -0.456 e. The number of anilines is 1. The molecule has 0 aliphatic carbocycles. The molecule has 1 aliphatic heterocycles. The standard InChI is InChI=1S/C28H32N6O/c1-19(2)20-11-22(33-10-9-32(6)18-33)14-23(12-20)35-24-15-26-25(30-16-24)17-31-34(26)27-13-21(7-8-29-27)28(3,4)5/h7-17,19H,18H2,1-6H3. The van der Waals surface area contributed by atoms with E-state index in [4.69, 9.17) is 4.74 Å². The summed E-state index contributed by atoms with van der Waals surface area (Å²) in [6, 6.07) is 12.5. The van der Waals surface area contributed by atoms with Gasteiger partial charge in [-0.3, -0.25) is 0 Å². The molecule has 1 aliphatic rings. The zero-order valence-electron chi connectivity index (χ0n) is 21.2. The van der Waals surface area contributed by atoms with E-state index < -0.39 is 0 Å². The van der Waals surface area contributed by atoms with Crippen molar-refractivity contribution in [1.29, 1.82) is 0 Å². The van der Waals surface area contributed by atoms with Gasteiger partial charge in [-0.05, 0) is 46.7 Å². The predicted molar refractivity (Wildman–Crippen MR) is 140 cm³/mol. The Morgan fingerprint density at radius 3 is 2.49 bits per heavy atom. The van der Waals surface area contributed by atoms with Gasteiger partial charge < -0.3 is 14.5 Å². The summed E-state index contributed by atoms with van der Waals surface area (Å²) in [7, 11) is 2.07. The van der Waals surface area contributed by atoms with E-state index in [1.165, 1.54) is 11.1 Å². The van der Waals surface area contributed by atoms with Crippen molar-refractivity contribution in [1.82, 2.24) is 24.6 Å². The van der Waals surface area contributed by atoms with E-state index in [-0.39, 0.29) is 5.41 Å². The Morgan fingerprint density at radius 2 is 1.77 bits per heavy atom. The normalized spacial score (nSPS) is 13.9. The van der Waals surface area contributed by atoms with Crippen molar-refractivity contribution in [2.24, 2.45) is 0 Å². The molecule has 7 nitrogen and oxygen atoms in total. The highest BCUT2D eigenvalue weighted by Gasteiger charge is 2.17. The van der Waals surface area contributed by atoms with Crippen LogP contribution in [0.2, 0.25) is 0 Å². The second-order valence-electron chi connectivity index (χ2n) is 10.5. The molecule has 0 saturated carbocycles. The molecular weight excluding hydrogens is 436 g/mol. The maximum Gasteiger partial charge on any atom is 0.154 e. The Balaban J connectivity index is 1.50. The first kappa shape index (κ1) is 22.9. The predicted octanol–water partition coefficient (Wildman–Crippen LogP) is 6.21. The van der Waals surface area contributed by atoms with Crippen LogP contribution in [0, 0.1) is 0 Å². The largest absolute Gasteiger partial charge is 0.456 e. The SMILES string of the molecule is CC(C)c1cc(Oc2cnc3cnn(-c4cc(C(C)(C)C)ccn4)c3c2)cc(N2C=CN(C)C2)c1. The van der Waals surface area contributed by atoms with E-state index in [9.17, 15) is 0 Å². The maximum atomic E-state index is 6.35. The summed E-state index contributed by atoms with van der Waals surface area (Å²) in [6.45, 7) is 11.8. The van der Waals surface area contributed by atoms with Gasteiger partial charge in [0, 0.05) is 43.5 Å². The molecule has 0 N–H and O–H groups in total. The van der Waals surface area contributed by atoms with Crippen LogP contribution in [0.1, 0.15) is 51.7 Å². The molecule has 0 amide bonds. The first-order valence-electron chi connectivity index (χ1n) is 12.0. The number of benzene rings is 1. The highest BCUT2D eigenvalue weighted by atomic mass is 16.5. The fraction of sp³-hybridized carbons (Fsp3) is 0.321. The topological polar surface area (TPSA) is 59.3 Å². The average molecular weight is 469 g/mol. The van der Waals surface area contributed by atoms with Crippen molar-refractivity contribution in [3.05, 3.63) is 78.5 Å². The van der Waals surface area contributed by atoms with Crippen LogP contribution in [-0.2, 0) is 5.41 Å². The Hall–Kier alpha value is -3.87. The Kier molecular flexibility index (Phi) is 5.71. The van der Waals surface area contributed by atoms with E-state index in [0.717, 1.165) is 35.0 Å². The van der Waals surface area contributed by atoms with E-state index in [1.807, 2.05) is 16.9 Å². The molecule has 4 heterocycles. The first-order valence-corrected chi connectivity index (χ1v) is 12.0. The Labute approximate surface area is 206 Å². The molecule has 35 heavy (non-hydrogen) atoms.